The fourth-order valence-corrected chi connectivity index (χ4v) is 11.3. The standard InChI is InChI=1S/C60H58O8/c1-29-9-13-37(33(5)17-29)57-41-21-43(51(63)25-49(41)61)58(38-14-10-30(2)18-34(38)6)45-23-47(55(67)27-53(45)65)60(40-16-12-32(4)20-36(40)8)48-24-46(54(66)28-56(48)68)59(39-15-11-31(3)19-35(39)7)44-22-42(57)50(62)26-52(44)64/h9-28,33,37,57-68H,1-8H3/t33?,37?,57-,58+,59?,60?/m0/s1. The molecule has 7 aromatic carbocycles. The summed E-state index contributed by atoms with van der Waals surface area (Å²) in [6, 6.07) is 29.9. The van der Waals surface area contributed by atoms with Crippen LogP contribution >= 0.6 is 0 Å². The lowest BCUT2D eigenvalue weighted by Crippen LogP contribution is -2.22. The van der Waals surface area contributed by atoms with Crippen molar-refractivity contribution >= 4 is 0 Å². The van der Waals surface area contributed by atoms with Crippen molar-refractivity contribution in [1.29, 1.82) is 0 Å². The predicted octanol–water partition coefficient (Wildman–Crippen LogP) is 12.9. The molecule has 0 saturated heterocycles. The first kappa shape index (κ1) is 45.6. The van der Waals surface area contributed by atoms with Crippen LogP contribution in [-0.2, 0) is 0 Å². The van der Waals surface area contributed by atoms with Crippen LogP contribution in [0.2, 0.25) is 0 Å². The normalized spacial score (nSPS) is 20.0. The summed E-state index contributed by atoms with van der Waals surface area (Å²) < 4.78 is 0. The molecule has 0 amide bonds. The molecule has 0 fully saturated rings. The molecule has 0 aromatic heterocycles. The van der Waals surface area contributed by atoms with E-state index < -0.39 is 23.7 Å². The molecule has 8 nitrogen and oxygen atoms in total. The summed E-state index contributed by atoms with van der Waals surface area (Å²) >= 11 is 0. The molecule has 0 saturated carbocycles. The fraction of sp³-hybridized carbons (Fsp3) is 0.233. The molecule has 0 radical (unpaired) electrons. The van der Waals surface area contributed by atoms with Crippen molar-refractivity contribution < 1.29 is 40.9 Å². The van der Waals surface area contributed by atoms with E-state index in [0.717, 1.165) is 55.6 Å². The highest BCUT2D eigenvalue weighted by molar-refractivity contribution is 5.67. The number of aryl methyl sites for hydroxylation is 6. The maximum absolute atomic E-state index is 12.2. The molecule has 0 heterocycles. The molecular weight excluding hydrogens is 849 g/mol. The number of hydrogen-bond donors (Lipinski definition) is 8. The Balaban J connectivity index is 1.50. The van der Waals surface area contributed by atoms with Crippen molar-refractivity contribution in [2.45, 2.75) is 79.1 Å². The largest absolute Gasteiger partial charge is 0.508 e. The Labute approximate surface area is 397 Å². The van der Waals surface area contributed by atoms with Gasteiger partial charge in [-0.3, -0.25) is 0 Å². The topological polar surface area (TPSA) is 162 Å². The lowest BCUT2D eigenvalue weighted by Gasteiger charge is -2.34. The van der Waals surface area contributed by atoms with E-state index in [2.05, 4.69) is 19.1 Å². The third kappa shape index (κ3) is 7.87. The van der Waals surface area contributed by atoms with E-state index >= 15 is 0 Å². The van der Waals surface area contributed by atoms with Crippen molar-refractivity contribution in [3.05, 3.63) is 222 Å². The number of benzene rings is 7. The molecule has 4 unspecified atom stereocenters. The lowest BCUT2D eigenvalue weighted by molar-refractivity contribution is 0.398. The average Bonchev–Trinajstić information content (AvgIpc) is 3.25. The number of aromatic hydroxyl groups is 8. The van der Waals surface area contributed by atoms with Crippen LogP contribution in [-0.4, -0.2) is 40.9 Å². The van der Waals surface area contributed by atoms with Gasteiger partial charge in [0.15, 0.2) is 0 Å². The van der Waals surface area contributed by atoms with Gasteiger partial charge >= 0.3 is 0 Å². The van der Waals surface area contributed by atoms with Crippen LogP contribution in [0.5, 0.6) is 46.0 Å². The zero-order valence-corrected chi connectivity index (χ0v) is 39.6. The quantitative estimate of drug-likeness (QED) is 0.0866. The van der Waals surface area contributed by atoms with Gasteiger partial charge in [-0.15, -0.1) is 0 Å². The van der Waals surface area contributed by atoms with E-state index in [1.165, 1.54) is 24.3 Å². The number of hydrogen-bond acceptors (Lipinski definition) is 8. The van der Waals surface area contributed by atoms with Crippen molar-refractivity contribution in [1.82, 2.24) is 0 Å². The second-order valence-corrected chi connectivity index (χ2v) is 19.4. The lowest BCUT2D eigenvalue weighted by atomic mass is 9.69. The van der Waals surface area contributed by atoms with Crippen LogP contribution < -0.4 is 0 Å². The summed E-state index contributed by atoms with van der Waals surface area (Å²) in [6.07, 6.45) is 6.21. The van der Waals surface area contributed by atoms with Crippen molar-refractivity contribution in [3.8, 4) is 46.0 Å². The first-order valence-corrected chi connectivity index (χ1v) is 23.1. The molecule has 0 spiro atoms. The number of fused-ring (bicyclic) bond motifs is 8. The van der Waals surface area contributed by atoms with Gasteiger partial charge in [-0.05, 0) is 118 Å². The zero-order chi connectivity index (χ0) is 48.6. The first-order valence-electron chi connectivity index (χ1n) is 23.1. The molecule has 6 atom stereocenters. The highest BCUT2D eigenvalue weighted by Crippen LogP contribution is 2.55. The van der Waals surface area contributed by atoms with Crippen LogP contribution in [0.1, 0.15) is 132 Å². The van der Waals surface area contributed by atoms with Crippen LogP contribution in [0.4, 0.5) is 0 Å². The smallest absolute Gasteiger partial charge is 0.123 e. The van der Waals surface area contributed by atoms with Gasteiger partial charge in [-0.2, -0.15) is 0 Å². The molecule has 68 heavy (non-hydrogen) atoms. The number of phenols is 8. The van der Waals surface area contributed by atoms with E-state index in [1.807, 2.05) is 109 Å². The van der Waals surface area contributed by atoms with Crippen molar-refractivity contribution in [2.75, 3.05) is 0 Å². The van der Waals surface area contributed by atoms with Gasteiger partial charge in [-0.1, -0.05) is 102 Å². The molecule has 8 N–H and O–H groups in total. The molecular formula is C60H58O8. The SMILES string of the molecule is CC1=CC(C)C([C@@H]2c3cc(c(O)cc3O)C(c3ccc(C)cc3C)c3cc(c(O)cc3O)C(c3ccc(C)cc3C)c3cc(c(O)cc3O)[C@H](c3ccc(C)cc3C)c3cc2c(O)cc3O)C=C1. The van der Waals surface area contributed by atoms with E-state index in [4.69, 9.17) is 0 Å². The molecule has 2 aliphatic rings. The maximum Gasteiger partial charge on any atom is 0.123 e. The molecule has 2 aliphatic carbocycles. The van der Waals surface area contributed by atoms with Gasteiger partial charge in [0.2, 0.25) is 0 Å². The zero-order valence-electron chi connectivity index (χ0n) is 39.6. The van der Waals surface area contributed by atoms with Crippen molar-refractivity contribution in [3.63, 3.8) is 0 Å². The Hall–Kier alpha value is -7.58. The van der Waals surface area contributed by atoms with E-state index in [-0.39, 0.29) is 57.8 Å². The summed E-state index contributed by atoms with van der Waals surface area (Å²) in [6.45, 7) is 15.9. The van der Waals surface area contributed by atoms with Crippen LogP contribution in [0.25, 0.3) is 0 Å². The maximum atomic E-state index is 12.2. The van der Waals surface area contributed by atoms with E-state index in [1.54, 1.807) is 24.3 Å². The number of allylic oxidation sites excluding steroid dienone is 4. The summed E-state index contributed by atoms with van der Waals surface area (Å²) in [5.41, 5.74) is 11.6. The average molecular weight is 907 g/mol. The summed E-state index contributed by atoms with van der Waals surface area (Å²) in [5, 5.41) is 97.6. The number of rotatable bonds is 4. The Morgan fingerprint density at radius 2 is 0.603 bits per heavy atom. The molecule has 0 aliphatic heterocycles. The minimum absolute atomic E-state index is 0.122. The molecule has 9 rings (SSSR count). The van der Waals surface area contributed by atoms with Crippen LogP contribution in [0.3, 0.4) is 0 Å². The molecule has 346 valence electrons. The van der Waals surface area contributed by atoms with Gasteiger partial charge in [0, 0.05) is 92.4 Å². The van der Waals surface area contributed by atoms with Crippen molar-refractivity contribution in [2.24, 2.45) is 11.8 Å². The fourth-order valence-electron chi connectivity index (χ4n) is 11.3. The van der Waals surface area contributed by atoms with Gasteiger partial charge in [-0.25, -0.2) is 0 Å². The second kappa shape index (κ2) is 17.3. The van der Waals surface area contributed by atoms with Crippen LogP contribution in [0.15, 0.2) is 127 Å². The van der Waals surface area contributed by atoms with E-state index in [0.29, 0.717) is 44.5 Å². The van der Waals surface area contributed by atoms with Gasteiger partial charge < -0.3 is 40.9 Å². The highest BCUT2D eigenvalue weighted by Gasteiger charge is 2.38. The minimum Gasteiger partial charge on any atom is -0.508 e. The van der Waals surface area contributed by atoms with E-state index in [9.17, 15) is 40.9 Å². The Kier molecular flexibility index (Phi) is 11.6. The third-order valence-corrected chi connectivity index (χ3v) is 14.5. The summed E-state index contributed by atoms with van der Waals surface area (Å²) in [4.78, 5) is 0. The summed E-state index contributed by atoms with van der Waals surface area (Å²) in [7, 11) is 0. The highest BCUT2D eigenvalue weighted by atomic mass is 16.3. The summed E-state index contributed by atoms with van der Waals surface area (Å²) in [5.74, 6) is -5.94. The molecule has 8 heteroatoms. The predicted molar refractivity (Wildman–Crippen MR) is 267 cm³/mol. The first-order chi connectivity index (χ1) is 32.3. The Bertz CT molecular complexity index is 3080. The number of phenolic OH excluding ortho intramolecular Hbond substituents is 8. The molecule has 7 aromatic rings. The minimum atomic E-state index is -0.907. The van der Waals surface area contributed by atoms with Gasteiger partial charge in [0.05, 0.1) is 0 Å². The Morgan fingerprint density at radius 3 is 0.882 bits per heavy atom. The monoisotopic (exact) mass is 906 g/mol. The van der Waals surface area contributed by atoms with Crippen LogP contribution in [0, 0.1) is 53.4 Å². The second-order valence-electron chi connectivity index (χ2n) is 19.4. The van der Waals surface area contributed by atoms with Gasteiger partial charge in [0.25, 0.3) is 0 Å². The van der Waals surface area contributed by atoms with Gasteiger partial charge in [0.1, 0.15) is 46.0 Å². The molecule has 8 bridgehead atoms. The Morgan fingerprint density at radius 1 is 0.324 bits per heavy atom. The third-order valence-electron chi connectivity index (χ3n) is 14.5.